The van der Waals surface area contributed by atoms with Gasteiger partial charge in [-0.05, 0) is 50.3 Å². The number of amides is 1. The summed E-state index contributed by atoms with van der Waals surface area (Å²) < 4.78 is 16.2. The number of H-pyrrole nitrogens is 1. The Morgan fingerprint density at radius 2 is 2.00 bits per heavy atom. The van der Waals surface area contributed by atoms with Crippen LogP contribution in [-0.4, -0.2) is 36.5 Å². The predicted molar refractivity (Wildman–Crippen MR) is 111 cm³/mol. The van der Waals surface area contributed by atoms with E-state index >= 15 is 0 Å². The number of nitrogens with zero attached hydrogens (tertiary/aromatic N) is 4. The Morgan fingerprint density at radius 3 is 2.74 bits per heavy atom. The number of aromatic amines is 1. The Balaban J connectivity index is 1.26. The molecule has 1 atom stereocenters. The average molecular weight is 424 g/mol. The van der Waals surface area contributed by atoms with Crippen molar-refractivity contribution in [1.82, 2.24) is 29.9 Å². The van der Waals surface area contributed by atoms with Crippen molar-refractivity contribution in [2.24, 2.45) is 0 Å². The zero-order valence-electron chi connectivity index (χ0n) is 17.4. The highest BCUT2D eigenvalue weighted by Crippen LogP contribution is 2.41. The number of benzene rings is 1. The van der Waals surface area contributed by atoms with Crippen LogP contribution in [0.25, 0.3) is 0 Å². The molecule has 3 aromatic rings. The zero-order valence-corrected chi connectivity index (χ0v) is 17.4. The minimum absolute atomic E-state index is 0.0273. The lowest BCUT2D eigenvalue weighted by Crippen LogP contribution is -2.36. The summed E-state index contributed by atoms with van der Waals surface area (Å²) >= 11 is 0. The van der Waals surface area contributed by atoms with Gasteiger partial charge in [-0.2, -0.15) is 10.2 Å². The maximum absolute atomic E-state index is 13.1. The number of halogens is 1. The van der Waals surface area contributed by atoms with Gasteiger partial charge in [-0.25, -0.2) is 13.9 Å². The average Bonchev–Trinajstić information content (AvgIpc) is 3.49. The largest absolute Gasteiger partial charge is 0.349 e. The molecular formula is C22H25FN6O2. The first kappa shape index (κ1) is 19.7. The number of nitrogens with one attached hydrogen (secondary N) is 2. The fourth-order valence-corrected chi connectivity index (χ4v) is 4.28. The van der Waals surface area contributed by atoms with Gasteiger partial charge in [0.1, 0.15) is 11.6 Å². The van der Waals surface area contributed by atoms with E-state index in [1.807, 2.05) is 6.92 Å². The molecule has 1 unspecified atom stereocenters. The van der Waals surface area contributed by atoms with Crippen LogP contribution in [-0.2, 0) is 19.5 Å². The molecule has 1 aliphatic carbocycles. The first-order valence-corrected chi connectivity index (χ1v) is 10.8. The van der Waals surface area contributed by atoms with Gasteiger partial charge >= 0.3 is 5.69 Å². The lowest BCUT2D eigenvalue weighted by Gasteiger charge is -2.16. The summed E-state index contributed by atoms with van der Waals surface area (Å²) in [5.74, 6) is 0.720. The second-order valence-electron chi connectivity index (χ2n) is 8.52. The first-order chi connectivity index (χ1) is 15.0. The van der Waals surface area contributed by atoms with E-state index in [-0.39, 0.29) is 23.5 Å². The van der Waals surface area contributed by atoms with Crippen LogP contribution in [0.2, 0.25) is 0 Å². The molecule has 162 valence electrons. The lowest BCUT2D eigenvalue weighted by atomic mass is 10.1. The number of hydrogen-bond donors (Lipinski definition) is 2. The summed E-state index contributed by atoms with van der Waals surface area (Å²) in [6, 6.07) is 6.05. The maximum Gasteiger partial charge on any atom is 0.346 e. The number of rotatable bonds is 5. The Bertz CT molecular complexity index is 1170. The molecule has 2 aliphatic rings. The molecule has 1 fully saturated rings. The molecule has 3 heterocycles. The second kappa shape index (κ2) is 7.79. The summed E-state index contributed by atoms with van der Waals surface area (Å²) in [6.07, 6.45) is 4.15. The molecule has 0 saturated heterocycles. The normalized spacial score (nSPS) is 18.5. The van der Waals surface area contributed by atoms with Crippen LogP contribution in [0.15, 0.2) is 29.1 Å². The van der Waals surface area contributed by atoms with Gasteiger partial charge in [0.05, 0.1) is 17.8 Å². The van der Waals surface area contributed by atoms with Crippen LogP contribution in [0.1, 0.15) is 64.7 Å². The van der Waals surface area contributed by atoms with E-state index in [1.165, 1.54) is 16.8 Å². The smallest absolute Gasteiger partial charge is 0.346 e. The SMILES string of the molecule is Cc1[nH]nc(C2CC2)c1C(=O)NC1CCc2nn(Cc3ccc(F)cc3)c(=O)n2CC1. The monoisotopic (exact) mass is 424 g/mol. The minimum Gasteiger partial charge on any atom is -0.349 e. The van der Waals surface area contributed by atoms with Crippen LogP contribution in [0, 0.1) is 12.7 Å². The molecule has 9 heteroatoms. The summed E-state index contributed by atoms with van der Waals surface area (Å²) in [6.45, 7) is 2.69. The third-order valence-corrected chi connectivity index (χ3v) is 6.16. The molecule has 0 spiro atoms. The number of hydrogen-bond acceptors (Lipinski definition) is 4. The highest BCUT2D eigenvalue weighted by atomic mass is 19.1. The maximum atomic E-state index is 13.1. The van der Waals surface area contributed by atoms with Crippen molar-refractivity contribution in [3.63, 3.8) is 0 Å². The van der Waals surface area contributed by atoms with E-state index in [4.69, 9.17) is 0 Å². The molecule has 1 aromatic carbocycles. The highest BCUT2D eigenvalue weighted by Gasteiger charge is 2.33. The summed E-state index contributed by atoms with van der Waals surface area (Å²) in [4.78, 5) is 25.7. The molecule has 1 aliphatic heterocycles. The van der Waals surface area contributed by atoms with Gasteiger partial charge in [0.2, 0.25) is 0 Å². The highest BCUT2D eigenvalue weighted by molar-refractivity contribution is 5.96. The molecule has 1 saturated carbocycles. The predicted octanol–water partition coefficient (Wildman–Crippen LogP) is 2.28. The Labute approximate surface area is 178 Å². The van der Waals surface area contributed by atoms with E-state index in [0.29, 0.717) is 43.8 Å². The fraction of sp³-hybridized carbons (Fsp3) is 0.455. The van der Waals surface area contributed by atoms with Crippen LogP contribution in [0.4, 0.5) is 4.39 Å². The van der Waals surface area contributed by atoms with Crippen LogP contribution < -0.4 is 11.0 Å². The zero-order chi connectivity index (χ0) is 21.5. The van der Waals surface area contributed by atoms with Gasteiger partial charge in [0.15, 0.2) is 0 Å². The number of carbonyl (C=O) groups excluding carboxylic acids is 1. The molecule has 31 heavy (non-hydrogen) atoms. The van der Waals surface area contributed by atoms with Crippen LogP contribution in [0.5, 0.6) is 0 Å². The van der Waals surface area contributed by atoms with Crippen molar-refractivity contribution in [2.75, 3.05) is 0 Å². The van der Waals surface area contributed by atoms with Crippen LogP contribution in [0.3, 0.4) is 0 Å². The van der Waals surface area contributed by atoms with Gasteiger partial charge in [0.25, 0.3) is 5.91 Å². The lowest BCUT2D eigenvalue weighted by molar-refractivity contribution is 0.0931. The van der Waals surface area contributed by atoms with E-state index in [2.05, 4.69) is 20.6 Å². The van der Waals surface area contributed by atoms with Crippen molar-refractivity contribution in [1.29, 1.82) is 0 Å². The summed E-state index contributed by atoms with van der Waals surface area (Å²) in [5.41, 5.74) is 2.99. The van der Waals surface area contributed by atoms with Crippen molar-refractivity contribution in [2.45, 2.75) is 64.1 Å². The third-order valence-electron chi connectivity index (χ3n) is 6.16. The van der Waals surface area contributed by atoms with Crippen molar-refractivity contribution < 1.29 is 9.18 Å². The van der Waals surface area contributed by atoms with Gasteiger partial charge in [-0.1, -0.05) is 12.1 Å². The standard InChI is InChI=1S/C22H25FN6O2/c1-13-19(20(26-25-13)15-4-5-15)21(30)24-17-8-9-18-27-29(22(31)28(18)11-10-17)12-14-2-6-16(23)7-3-14/h2-3,6-7,15,17H,4-5,8-12H2,1H3,(H,24,30)(H,25,26). The van der Waals surface area contributed by atoms with E-state index in [9.17, 15) is 14.0 Å². The molecule has 8 nitrogen and oxygen atoms in total. The van der Waals surface area contributed by atoms with Gasteiger partial charge in [0, 0.05) is 30.6 Å². The molecule has 2 N–H and O–H groups in total. The second-order valence-corrected chi connectivity index (χ2v) is 8.52. The Hall–Kier alpha value is -3.23. The molecule has 2 aromatic heterocycles. The number of fused-ring (bicyclic) bond motifs is 1. The molecule has 1 amide bonds. The van der Waals surface area contributed by atoms with Gasteiger partial charge in [-0.3, -0.25) is 14.5 Å². The number of aryl methyl sites for hydroxylation is 2. The Morgan fingerprint density at radius 1 is 1.23 bits per heavy atom. The summed E-state index contributed by atoms with van der Waals surface area (Å²) in [5, 5.41) is 14.9. The van der Waals surface area contributed by atoms with Gasteiger partial charge in [-0.15, -0.1) is 0 Å². The van der Waals surface area contributed by atoms with E-state index in [1.54, 1.807) is 16.7 Å². The Kier molecular flexibility index (Phi) is 4.95. The minimum atomic E-state index is -0.306. The van der Waals surface area contributed by atoms with Crippen molar-refractivity contribution in [3.05, 3.63) is 68.9 Å². The number of aromatic nitrogens is 5. The molecule has 0 radical (unpaired) electrons. The fourth-order valence-electron chi connectivity index (χ4n) is 4.28. The van der Waals surface area contributed by atoms with E-state index in [0.717, 1.165) is 35.6 Å². The van der Waals surface area contributed by atoms with Crippen LogP contribution >= 0.6 is 0 Å². The molecule has 5 rings (SSSR count). The van der Waals surface area contributed by atoms with Gasteiger partial charge < -0.3 is 5.32 Å². The molecule has 0 bridgehead atoms. The third kappa shape index (κ3) is 3.92. The van der Waals surface area contributed by atoms with Crippen molar-refractivity contribution >= 4 is 5.91 Å². The summed E-state index contributed by atoms with van der Waals surface area (Å²) in [7, 11) is 0. The van der Waals surface area contributed by atoms with E-state index < -0.39 is 0 Å². The quantitative estimate of drug-likeness (QED) is 0.657. The first-order valence-electron chi connectivity index (χ1n) is 10.8. The number of carbonyl (C=O) groups is 1. The topological polar surface area (TPSA) is 97.6 Å². The molecular weight excluding hydrogens is 399 g/mol. The van der Waals surface area contributed by atoms with Crippen molar-refractivity contribution in [3.8, 4) is 0 Å².